The highest BCUT2D eigenvalue weighted by Gasteiger charge is 2.20. The molecule has 1 atom stereocenters. The lowest BCUT2D eigenvalue weighted by atomic mass is 10.1. The maximum atomic E-state index is 12.6. The lowest BCUT2D eigenvalue weighted by Gasteiger charge is -2.16. The smallest absolute Gasteiger partial charge is 0.244 e. The average Bonchev–Trinajstić information content (AvgIpc) is 3.27. The lowest BCUT2D eigenvalue weighted by Crippen LogP contribution is -2.27. The number of thioether (sulfide) groups is 1. The molecule has 34 heavy (non-hydrogen) atoms. The highest BCUT2D eigenvalue weighted by Crippen LogP contribution is 2.28. The number of amides is 1. The van der Waals surface area contributed by atoms with Gasteiger partial charge in [0, 0.05) is 17.5 Å². The van der Waals surface area contributed by atoms with Gasteiger partial charge in [0.1, 0.15) is 0 Å². The minimum atomic E-state index is -0.325. The van der Waals surface area contributed by atoms with Crippen LogP contribution in [0.5, 0.6) is 0 Å². The molecule has 1 amide bonds. The fourth-order valence-corrected chi connectivity index (χ4v) is 4.60. The Hall–Kier alpha value is -3.64. The molecule has 0 aliphatic heterocycles. The molecule has 6 heteroatoms. The summed E-state index contributed by atoms with van der Waals surface area (Å²) in [5.41, 5.74) is 5.64. The topological polar surface area (TPSA) is 59.8 Å². The van der Waals surface area contributed by atoms with Gasteiger partial charge in [-0.2, -0.15) is 0 Å². The fourth-order valence-electron chi connectivity index (χ4n) is 3.57. The van der Waals surface area contributed by atoms with Gasteiger partial charge in [0.2, 0.25) is 5.91 Å². The molecule has 1 aromatic heterocycles. The zero-order valence-corrected chi connectivity index (χ0v) is 20.4. The van der Waals surface area contributed by atoms with Gasteiger partial charge >= 0.3 is 0 Å². The lowest BCUT2D eigenvalue weighted by molar-refractivity contribution is -0.117. The predicted octanol–water partition coefficient (Wildman–Crippen LogP) is 6.07. The SMILES string of the molecule is Cc1ccc(-n2c(SCc3ccccc3C)nnc2C(C)NC(=O)/C=C/c2ccccc2)cc1. The van der Waals surface area contributed by atoms with E-state index in [4.69, 9.17) is 0 Å². The molecule has 3 aromatic carbocycles. The molecule has 1 N–H and O–H groups in total. The number of carbonyl (C=O) groups excluding carboxylic acids is 1. The van der Waals surface area contributed by atoms with Crippen molar-refractivity contribution in [1.82, 2.24) is 20.1 Å². The van der Waals surface area contributed by atoms with Gasteiger partial charge in [-0.1, -0.05) is 84.1 Å². The van der Waals surface area contributed by atoms with Crippen molar-refractivity contribution in [3.8, 4) is 5.69 Å². The maximum absolute atomic E-state index is 12.6. The van der Waals surface area contributed by atoms with E-state index >= 15 is 0 Å². The molecule has 0 bridgehead atoms. The summed E-state index contributed by atoms with van der Waals surface area (Å²) < 4.78 is 2.04. The first-order chi connectivity index (χ1) is 16.5. The molecular formula is C28H28N4OS. The molecule has 4 rings (SSSR count). The number of nitrogens with zero attached hydrogens (tertiary/aromatic N) is 3. The maximum Gasteiger partial charge on any atom is 0.244 e. The van der Waals surface area contributed by atoms with Crippen molar-refractivity contribution in [2.24, 2.45) is 0 Å². The molecular weight excluding hydrogens is 440 g/mol. The number of benzene rings is 3. The summed E-state index contributed by atoms with van der Waals surface area (Å²) in [7, 11) is 0. The van der Waals surface area contributed by atoms with Crippen LogP contribution in [0.4, 0.5) is 0 Å². The third kappa shape index (κ3) is 5.83. The highest BCUT2D eigenvalue weighted by atomic mass is 32.2. The van der Waals surface area contributed by atoms with E-state index in [0.29, 0.717) is 5.82 Å². The second-order valence-electron chi connectivity index (χ2n) is 8.20. The van der Waals surface area contributed by atoms with E-state index in [9.17, 15) is 4.79 Å². The van der Waals surface area contributed by atoms with Crippen molar-refractivity contribution in [2.75, 3.05) is 0 Å². The molecule has 4 aromatic rings. The molecule has 0 radical (unpaired) electrons. The van der Waals surface area contributed by atoms with Crippen LogP contribution in [-0.4, -0.2) is 20.7 Å². The van der Waals surface area contributed by atoms with E-state index < -0.39 is 0 Å². The first-order valence-corrected chi connectivity index (χ1v) is 12.2. The van der Waals surface area contributed by atoms with Gasteiger partial charge in [0.05, 0.1) is 6.04 Å². The van der Waals surface area contributed by atoms with E-state index in [1.54, 1.807) is 23.9 Å². The van der Waals surface area contributed by atoms with Crippen molar-refractivity contribution in [2.45, 2.75) is 37.7 Å². The third-order valence-electron chi connectivity index (χ3n) is 5.54. The Morgan fingerprint density at radius 1 is 0.971 bits per heavy atom. The Balaban J connectivity index is 1.57. The summed E-state index contributed by atoms with van der Waals surface area (Å²) in [6, 6.07) is 26.0. The normalized spacial score (nSPS) is 12.1. The molecule has 5 nitrogen and oxygen atoms in total. The second kappa shape index (κ2) is 11.0. The number of nitrogens with one attached hydrogen (secondary N) is 1. The summed E-state index contributed by atoms with van der Waals surface area (Å²) >= 11 is 1.64. The van der Waals surface area contributed by atoms with Crippen molar-refractivity contribution in [3.63, 3.8) is 0 Å². The molecule has 0 saturated heterocycles. The van der Waals surface area contributed by atoms with Crippen LogP contribution in [0.1, 0.15) is 41.0 Å². The third-order valence-corrected chi connectivity index (χ3v) is 6.52. The summed E-state index contributed by atoms with van der Waals surface area (Å²) in [5, 5.41) is 12.8. The number of aromatic nitrogens is 3. The van der Waals surface area contributed by atoms with Crippen LogP contribution < -0.4 is 5.32 Å². The minimum absolute atomic E-state index is 0.177. The standard InChI is InChI=1S/C28H28N4OS/c1-20-13-16-25(17-14-20)32-27(22(3)29-26(33)18-15-23-10-5-4-6-11-23)30-31-28(32)34-19-24-12-8-7-9-21(24)2/h4-18,22H,19H2,1-3H3,(H,29,33)/b18-15+. The van der Waals surface area contributed by atoms with E-state index in [2.05, 4.69) is 71.8 Å². The average molecular weight is 469 g/mol. The van der Waals surface area contributed by atoms with E-state index in [1.807, 2.05) is 47.9 Å². The molecule has 1 unspecified atom stereocenters. The largest absolute Gasteiger partial charge is 0.343 e. The summed E-state index contributed by atoms with van der Waals surface area (Å²) in [6.07, 6.45) is 3.35. The van der Waals surface area contributed by atoms with Gasteiger partial charge in [-0.25, -0.2) is 0 Å². The molecule has 0 saturated carbocycles. The zero-order valence-electron chi connectivity index (χ0n) is 19.6. The van der Waals surface area contributed by atoms with Gasteiger partial charge in [0.25, 0.3) is 0 Å². The Kier molecular flexibility index (Phi) is 7.60. The number of rotatable bonds is 8. The molecule has 1 heterocycles. The fraction of sp³-hybridized carbons (Fsp3) is 0.179. The summed E-state index contributed by atoms with van der Waals surface area (Å²) in [4.78, 5) is 12.6. The van der Waals surface area contributed by atoms with Crippen molar-refractivity contribution >= 4 is 23.7 Å². The number of hydrogen-bond acceptors (Lipinski definition) is 4. The monoisotopic (exact) mass is 468 g/mol. The van der Waals surface area contributed by atoms with Gasteiger partial charge in [-0.3, -0.25) is 9.36 Å². The minimum Gasteiger partial charge on any atom is -0.343 e. The van der Waals surface area contributed by atoms with Crippen LogP contribution in [0, 0.1) is 13.8 Å². The molecule has 0 aliphatic carbocycles. The van der Waals surface area contributed by atoms with Crippen molar-refractivity contribution in [3.05, 3.63) is 113 Å². The quantitative estimate of drug-likeness (QED) is 0.252. The predicted molar refractivity (Wildman–Crippen MR) is 139 cm³/mol. The Morgan fingerprint density at radius 2 is 1.68 bits per heavy atom. The van der Waals surface area contributed by atoms with E-state index in [1.165, 1.54) is 16.7 Å². The Bertz CT molecular complexity index is 1280. The number of carbonyl (C=O) groups is 1. The zero-order chi connectivity index (χ0) is 23.9. The molecule has 0 aliphatic rings. The first kappa shape index (κ1) is 23.5. The van der Waals surface area contributed by atoms with Crippen LogP contribution in [0.3, 0.4) is 0 Å². The van der Waals surface area contributed by atoms with Crippen LogP contribution in [0.2, 0.25) is 0 Å². The second-order valence-corrected chi connectivity index (χ2v) is 9.14. The van der Waals surface area contributed by atoms with Crippen molar-refractivity contribution < 1.29 is 4.79 Å². The Labute approximate surface area is 204 Å². The van der Waals surface area contributed by atoms with Gasteiger partial charge < -0.3 is 5.32 Å². The van der Waals surface area contributed by atoms with E-state index in [0.717, 1.165) is 22.2 Å². The van der Waals surface area contributed by atoms with Crippen molar-refractivity contribution in [1.29, 1.82) is 0 Å². The number of hydrogen-bond donors (Lipinski definition) is 1. The molecule has 0 fully saturated rings. The van der Waals surface area contributed by atoms with Gasteiger partial charge in [0.15, 0.2) is 11.0 Å². The highest BCUT2D eigenvalue weighted by molar-refractivity contribution is 7.98. The Morgan fingerprint density at radius 3 is 2.41 bits per heavy atom. The number of aryl methyl sites for hydroxylation is 2. The molecule has 0 spiro atoms. The summed E-state index contributed by atoms with van der Waals surface area (Å²) in [5.74, 6) is 1.30. The summed E-state index contributed by atoms with van der Waals surface area (Å²) in [6.45, 7) is 6.11. The van der Waals surface area contributed by atoms with Crippen LogP contribution in [-0.2, 0) is 10.5 Å². The van der Waals surface area contributed by atoms with Crippen LogP contribution >= 0.6 is 11.8 Å². The van der Waals surface area contributed by atoms with Crippen LogP contribution in [0.15, 0.2) is 90.1 Å². The van der Waals surface area contributed by atoms with Gasteiger partial charge in [-0.05, 0) is 55.7 Å². The van der Waals surface area contributed by atoms with Gasteiger partial charge in [-0.15, -0.1) is 10.2 Å². The van der Waals surface area contributed by atoms with E-state index in [-0.39, 0.29) is 11.9 Å². The first-order valence-electron chi connectivity index (χ1n) is 11.2. The molecule has 172 valence electrons. The van der Waals surface area contributed by atoms with Crippen LogP contribution in [0.25, 0.3) is 11.8 Å².